The summed E-state index contributed by atoms with van der Waals surface area (Å²) in [6.45, 7) is 5.96. The van der Waals surface area contributed by atoms with Crippen molar-refractivity contribution in [1.82, 2.24) is 15.1 Å². The van der Waals surface area contributed by atoms with Crippen LogP contribution in [-0.4, -0.2) is 69.2 Å². The number of ether oxygens (including phenoxy) is 2. The largest absolute Gasteiger partial charge is 0.493 e. The van der Waals surface area contributed by atoms with Crippen molar-refractivity contribution in [2.75, 3.05) is 47.4 Å². The first-order chi connectivity index (χ1) is 11.0. The molecule has 0 saturated carbocycles. The normalized spacial score (nSPS) is 18.5. The third-order valence-electron chi connectivity index (χ3n) is 4.27. The van der Waals surface area contributed by atoms with E-state index in [9.17, 15) is 4.79 Å². The summed E-state index contributed by atoms with van der Waals surface area (Å²) in [6.07, 6.45) is 0. The minimum absolute atomic E-state index is 0.133. The fourth-order valence-corrected chi connectivity index (χ4v) is 2.75. The highest BCUT2D eigenvalue weighted by Gasteiger charge is 2.22. The highest BCUT2D eigenvalue weighted by Crippen LogP contribution is 2.27. The Bertz CT molecular complexity index is 536. The number of nitrogens with zero attached hydrogens (tertiary/aromatic N) is 2. The summed E-state index contributed by atoms with van der Waals surface area (Å²) in [7, 11) is 5.07. The minimum Gasteiger partial charge on any atom is -0.493 e. The zero-order valence-electron chi connectivity index (χ0n) is 14.5. The molecular weight excluding hydrogens is 294 g/mol. The number of methoxy groups -OCH3 is 2. The molecule has 0 aromatic heterocycles. The second-order valence-electron chi connectivity index (χ2n) is 5.96. The molecule has 1 fully saturated rings. The van der Waals surface area contributed by atoms with E-state index in [-0.39, 0.29) is 5.91 Å². The van der Waals surface area contributed by atoms with Gasteiger partial charge in [-0.25, -0.2) is 0 Å². The van der Waals surface area contributed by atoms with Crippen LogP contribution in [0.25, 0.3) is 0 Å². The van der Waals surface area contributed by atoms with Gasteiger partial charge in [0.1, 0.15) is 0 Å². The van der Waals surface area contributed by atoms with E-state index < -0.39 is 0 Å². The fourth-order valence-electron chi connectivity index (χ4n) is 2.75. The van der Waals surface area contributed by atoms with E-state index in [2.05, 4.69) is 17.1 Å². The van der Waals surface area contributed by atoms with E-state index in [1.54, 1.807) is 19.1 Å². The zero-order valence-corrected chi connectivity index (χ0v) is 14.5. The number of benzene rings is 1. The Hall–Kier alpha value is -1.79. The predicted octanol–water partition coefficient (Wildman–Crippen LogP) is 0.956. The van der Waals surface area contributed by atoms with Crippen molar-refractivity contribution in [3.05, 3.63) is 23.8 Å². The van der Waals surface area contributed by atoms with Gasteiger partial charge in [-0.1, -0.05) is 6.07 Å². The summed E-state index contributed by atoms with van der Waals surface area (Å²) < 4.78 is 10.5. The van der Waals surface area contributed by atoms with Gasteiger partial charge in [0.2, 0.25) is 5.91 Å². The highest BCUT2D eigenvalue weighted by atomic mass is 16.5. The van der Waals surface area contributed by atoms with Crippen LogP contribution in [0.2, 0.25) is 0 Å². The second kappa shape index (κ2) is 8.17. The van der Waals surface area contributed by atoms with Gasteiger partial charge >= 0.3 is 0 Å². The third-order valence-corrected chi connectivity index (χ3v) is 4.27. The van der Waals surface area contributed by atoms with Gasteiger partial charge in [-0.3, -0.25) is 9.69 Å². The standard InChI is InChI=1S/C17H27N3O3/c1-13-10-18-7-8-20(13)12-17(21)19(2)11-14-5-6-15(22-3)16(9-14)23-4/h5-6,9,13,18H,7-8,10-12H2,1-4H3/t13-/m0/s1. The van der Waals surface area contributed by atoms with Crippen molar-refractivity contribution in [3.63, 3.8) is 0 Å². The van der Waals surface area contributed by atoms with Crippen molar-refractivity contribution in [2.45, 2.75) is 19.5 Å². The molecule has 0 aliphatic carbocycles. The Kier molecular flexibility index (Phi) is 6.24. The van der Waals surface area contributed by atoms with Gasteiger partial charge < -0.3 is 19.7 Å². The molecule has 2 rings (SSSR count). The lowest BCUT2D eigenvalue weighted by Gasteiger charge is -2.34. The molecule has 1 amide bonds. The molecule has 1 N–H and O–H groups in total. The molecule has 0 unspecified atom stereocenters. The first kappa shape index (κ1) is 17.6. The number of likely N-dealkylation sites (N-methyl/N-ethyl adjacent to an activating group) is 1. The minimum atomic E-state index is 0.133. The molecule has 1 saturated heterocycles. The van der Waals surface area contributed by atoms with Crippen LogP contribution in [0.15, 0.2) is 18.2 Å². The first-order valence-corrected chi connectivity index (χ1v) is 7.94. The molecule has 23 heavy (non-hydrogen) atoms. The summed E-state index contributed by atoms with van der Waals surface area (Å²) in [4.78, 5) is 16.4. The number of rotatable bonds is 6. The molecule has 128 valence electrons. The second-order valence-corrected chi connectivity index (χ2v) is 5.96. The summed E-state index contributed by atoms with van der Waals surface area (Å²) in [5.74, 6) is 1.51. The predicted molar refractivity (Wildman–Crippen MR) is 89.9 cm³/mol. The maximum Gasteiger partial charge on any atom is 0.236 e. The van der Waals surface area contributed by atoms with Gasteiger partial charge in [0, 0.05) is 39.3 Å². The fraction of sp³-hybridized carbons (Fsp3) is 0.588. The summed E-state index contributed by atoms with van der Waals surface area (Å²) >= 11 is 0. The zero-order chi connectivity index (χ0) is 16.8. The van der Waals surface area contributed by atoms with Crippen LogP contribution in [0.4, 0.5) is 0 Å². The Labute approximate surface area is 138 Å². The Balaban J connectivity index is 1.95. The van der Waals surface area contributed by atoms with Crippen LogP contribution in [-0.2, 0) is 11.3 Å². The quantitative estimate of drug-likeness (QED) is 0.846. The van der Waals surface area contributed by atoms with Crippen LogP contribution in [0.5, 0.6) is 11.5 Å². The lowest BCUT2D eigenvalue weighted by molar-refractivity contribution is -0.132. The van der Waals surface area contributed by atoms with E-state index >= 15 is 0 Å². The summed E-state index contributed by atoms with van der Waals surface area (Å²) in [6, 6.07) is 6.13. The lowest BCUT2D eigenvalue weighted by Crippen LogP contribution is -2.52. The average Bonchev–Trinajstić information content (AvgIpc) is 2.56. The van der Waals surface area contributed by atoms with E-state index in [0.29, 0.717) is 30.6 Å². The van der Waals surface area contributed by atoms with Crippen molar-refractivity contribution in [2.24, 2.45) is 0 Å². The van der Waals surface area contributed by atoms with Crippen LogP contribution in [0, 0.1) is 0 Å². The summed E-state index contributed by atoms with van der Waals surface area (Å²) in [5.41, 5.74) is 1.02. The molecule has 6 heteroatoms. The van der Waals surface area contributed by atoms with Crippen molar-refractivity contribution < 1.29 is 14.3 Å². The highest BCUT2D eigenvalue weighted by molar-refractivity contribution is 5.78. The number of carbonyl (C=O) groups excluding carboxylic acids is 1. The number of hydrogen-bond donors (Lipinski definition) is 1. The third kappa shape index (κ3) is 4.59. The molecule has 0 radical (unpaired) electrons. The van der Waals surface area contributed by atoms with Crippen LogP contribution >= 0.6 is 0 Å². The van der Waals surface area contributed by atoms with Crippen molar-refractivity contribution >= 4 is 5.91 Å². The van der Waals surface area contributed by atoms with Gasteiger partial charge in [0.25, 0.3) is 0 Å². The van der Waals surface area contributed by atoms with Gasteiger partial charge in [0.05, 0.1) is 20.8 Å². The maximum atomic E-state index is 12.4. The van der Waals surface area contributed by atoms with Crippen LogP contribution in [0.3, 0.4) is 0 Å². The average molecular weight is 321 g/mol. The molecule has 0 bridgehead atoms. The summed E-state index contributed by atoms with van der Waals surface area (Å²) in [5, 5.41) is 3.34. The van der Waals surface area contributed by atoms with Crippen LogP contribution in [0.1, 0.15) is 12.5 Å². The monoisotopic (exact) mass is 321 g/mol. The topological polar surface area (TPSA) is 54.0 Å². The number of hydrogen-bond acceptors (Lipinski definition) is 5. The number of piperazine rings is 1. The first-order valence-electron chi connectivity index (χ1n) is 7.94. The molecule has 6 nitrogen and oxygen atoms in total. The molecule has 0 spiro atoms. The number of carbonyl (C=O) groups is 1. The Morgan fingerprint density at radius 3 is 2.74 bits per heavy atom. The van der Waals surface area contributed by atoms with E-state index in [4.69, 9.17) is 9.47 Å². The van der Waals surface area contributed by atoms with Crippen molar-refractivity contribution in [3.8, 4) is 11.5 Å². The Morgan fingerprint density at radius 1 is 1.35 bits per heavy atom. The number of nitrogens with one attached hydrogen (secondary N) is 1. The Morgan fingerprint density at radius 2 is 2.09 bits per heavy atom. The smallest absolute Gasteiger partial charge is 0.236 e. The molecule has 1 aliphatic heterocycles. The van der Waals surface area contributed by atoms with Crippen molar-refractivity contribution in [1.29, 1.82) is 0 Å². The molecule has 1 heterocycles. The lowest BCUT2D eigenvalue weighted by atomic mass is 10.2. The molecular formula is C17H27N3O3. The van der Waals surface area contributed by atoms with Gasteiger partial charge in [-0.05, 0) is 24.6 Å². The van der Waals surface area contributed by atoms with Gasteiger partial charge in [0.15, 0.2) is 11.5 Å². The molecule has 1 aromatic rings. The number of amides is 1. The van der Waals surface area contributed by atoms with Gasteiger partial charge in [-0.2, -0.15) is 0 Å². The van der Waals surface area contributed by atoms with E-state index in [1.807, 2.05) is 25.2 Å². The van der Waals surface area contributed by atoms with Crippen LogP contribution < -0.4 is 14.8 Å². The maximum absolute atomic E-state index is 12.4. The molecule has 1 aromatic carbocycles. The van der Waals surface area contributed by atoms with E-state index in [1.165, 1.54) is 0 Å². The van der Waals surface area contributed by atoms with Gasteiger partial charge in [-0.15, -0.1) is 0 Å². The van der Waals surface area contributed by atoms with E-state index in [0.717, 1.165) is 25.2 Å². The SMILES string of the molecule is COc1ccc(CN(C)C(=O)CN2CCNC[C@@H]2C)cc1OC. The molecule has 1 aliphatic rings. The molecule has 1 atom stereocenters.